The first-order valence-electron chi connectivity index (χ1n) is 10.1. The second kappa shape index (κ2) is 8.48. The Morgan fingerprint density at radius 3 is 2.13 bits per heavy atom. The van der Waals surface area contributed by atoms with E-state index in [4.69, 9.17) is 9.84 Å². The molecule has 0 radical (unpaired) electrons. The highest BCUT2D eigenvalue weighted by Crippen LogP contribution is 2.29. The number of hydrazone groups is 1. The zero-order valence-electron chi connectivity index (χ0n) is 18.2. The van der Waals surface area contributed by atoms with Crippen LogP contribution in [0.25, 0.3) is 6.08 Å². The lowest BCUT2D eigenvalue weighted by Gasteiger charge is -2.12. The van der Waals surface area contributed by atoms with Gasteiger partial charge in [0.1, 0.15) is 11.5 Å². The molecule has 3 aromatic rings. The summed E-state index contributed by atoms with van der Waals surface area (Å²) in [6.45, 7) is 2.02. The third-order valence-electron chi connectivity index (χ3n) is 5.24. The molecule has 156 valence electrons. The number of rotatable bonds is 5. The number of nitrogens with zero attached hydrogens (tertiary/aromatic N) is 3. The summed E-state index contributed by atoms with van der Waals surface area (Å²) in [4.78, 5) is 15.4. The Bertz CT molecular complexity index is 1140. The molecule has 31 heavy (non-hydrogen) atoms. The summed E-state index contributed by atoms with van der Waals surface area (Å²) in [5, 5.41) is 6.17. The summed E-state index contributed by atoms with van der Waals surface area (Å²) in [5.41, 5.74) is 5.98. The first-order chi connectivity index (χ1) is 15.0. The lowest BCUT2D eigenvalue weighted by atomic mass is 10.00. The zero-order valence-corrected chi connectivity index (χ0v) is 18.2. The van der Waals surface area contributed by atoms with Gasteiger partial charge < -0.3 is 9.64 Å². The van der Waals surface area contributed by atoms with Gasteiger partial charge in [-0.15, -0.1) is 0 Å². The average Bonchev–Trinajstić information content (AvgIpc) is 3.11. The van der Waals surface area contributed by atoms with E-state index < -0.39 is 0 Å². The van der Waals surface area contributed by atoms with Gasteiger partial charge in [0.15, 0.2) is 0 Å². The highest BCUT2D eigenvalue weighted by Gasteiger charge is 2.32. The Labute approximate surface area is 182 Å². The molecule has 0 N–H and O–H groups in total. The van der Waals surface area contributed by atoms with Crippen LogP contribution >= 0.6 is 0 Å². The van der Waals surface area contributed by atoms with Crippen LogP contribution in [0.1, 0.15) is 16.7 Å². The first-order valence-corrected chi connectivity index (χ1v) is 10.1. The highest BCUT2D eigenvalue weighted by molar-refractivity contribution is 6.37. The van der Waals surface area contributed by atoms with Gasteiger partial charge in [-0.1, -0.05) is 29.8 Å². The molecule has 0 bridgehead atoms. The van der Waals surface area contributed by atoms with E-state index in [9.17, 15) is 4.79 Å². The number of anilines is 2. The van der Waals surface area contributed by atoms with Gasteiger partial charge in [-0.25, -0.2) is 0 Å². The van der Waals surface area contributed by atoms with Crippen molar-refractivity contribution in [1.29, 1.82) is 0 Å². The summed E-state index contributed by atoms with van der Waals surface area (Å²) in [6.07, 6.45) is 1.90. The van der Waals surface area contributed by atoms with Crippen LogP contribution in [0.3, 0.4) is 0 Å². The average molecular weight is 412 g/mol. The summed E-state index contributed by atoms with van der Waals surface area (Å²) in [5.74, 6) is 0.611. The van der Waals surface area contributed by atoms with E-state index in [1.54, 1.807) is 7.11 Å². The van der Waals surface area contributed by atoms with E-state index in [0.717, 1.165) is 33.8 Å². The third kappa shape index (κ3) is 4.21. The molecule has 3 aromatic carbocycles. The summed E-state index contributed by atoms with van der Waals surface area (Å²) >= 11 is 0. The number of carbonyl (C=O) groups is 1. The van der Waals surface area contributed by atoms with E-state index in [-0.39, 0.29) is 5.91 Å². The Kier molecular flexibility index (Phi) is 5.58. The molecule has 0 saturated carbocycles. The summed E-state index contributed by atoms with van der Waals surface area (Å²) < 4.78 is 5.27. The van der Waals surface area contributed by atoms with Crippen molar-refractivity contribution in [3.05, 3.63) is 95.1 Å². The molecule has 0 fully saturated rings. The van der Waals surface area contributed by atoms with Crippen LogP contribution in [-0.2, 0) is 4.79 Å². The van der Waals surface area contributed by atoms with Gasteiger partial charge in [-0.3, -0.25) is 4.79 Å². The van der Waals surface area contributed by atoms with Crippen LogP contribution in [0.15, 0.2) is 83.5 Å². The maximum absolute atomic E-state index is 13.4. The van der Waals surface area contributed by atoms with Crippen molar-refractivity contribution in [1.82, 2.24) is 0 Å². The number of methoxy groups -OCH3 is 1. The molecule has 0 unspecified atom stereocenters. The Morgan fingerprint density at radius 2 is 1.55 bits per heavy atom. The predicted octanol–water partition coefficient (Wildman–Crippen LogP) is 4.90. The van der Waals surface area contributed by atoms with Gasteiger partial charge in [0.2, 0.25) is 0 Å². The van der Waals surface area contributed by atoms with E-state index in [2.05, 4.69) is 0 Å². The molecule has 1 aliphatic rings. The van der Waals surface area contributed by atoms with Gasteiger partial charge in [-0.2, -0.15) is 10.1 Å². The van der Waals surface area contributed by atoms with Gasteiger partial charge >= 0.3 is 0 Å². The molecule has 0 spiro atoms. The van der Waals surface area contributed by atoms with E-state index in [1.807, 2.05) is 105 Å². The molecule has 0 saturated heterocycles. The molecular formula is C26H25N3O2. The second-order valence-electron chi connectivity index (χ2n) is 7.67. The van der Waals surface area contributed by atoms with Gasteiger partial charge in [0.05, 0.1) is 18.4 Å². The van der Waals surface area contributed by atoms with Crippen LogP contribution in [0.4, 0.5) is 11.4 Å². The Balaban J connectivity index is 1.77. The van der Waals surface area contributed by atoms with Gasteiger partial charge in [0.25, 0.3) is 5.91 Å². The molecule has 1 amide bonds. The summed E-state index contributed by atoms with van der Waals surface area (Å²) in [6, 6.07) is 23.5. The van der Waals surface area contributed by atoms with Crippen LogP contribution in [0, 0.1) is 6.92 Å². The van der Waals surface area contributed by atoms with Crippen molar-refractivity contribution in [2.45, 2.75) is 6.92 Å². The fourth-order valence-electron chi connectivity index (χ4n) is 3.40. The number of hydrogen-bond donors (Lipinski definition) is 0. The van der Waals surface area contributed by atoms with Gasteiger partial charge in [0, 0.05) is 25.3 Å². The lowest BCUT2D eigenvalue weighted by Crippen LogP contribution is -2.21. The molecule has 0 atom stereocenters. The highest BCUT2D eigenvalue weighted by atomic mass is 16.5. The van der Waals surface area contributed by atoms with Crippen LogP contribution in [0.5, 0.6) is 5.75 Å². The minimum absolute atomic E-state index is 0.147. The topological polar surface area (TPSA) is 45.1 Å². The predicted molar refractivity (Wildman–Crippen MR) is 127 cm³/mol. The quantitative estimate of drug-likeness (QED) is 0.561. The molecule has 4 rings (SSSR count). The van der Waals surface area contributed by atoms with Crippen molar-refractivity contribution in [2.24, 2.45) is 5.10 Å². The molecule has 0 aliphatic carbocycles. The number of aryl methyl sites for hydroxylation is 1. The number of ether oxygens (including phenoxy) is 1. The zero-order chi connectivity index (χ0) is 22.0. The standard InChI is InChI=1S/C26H25N3O2/c1-18-5-11-22(12-6-18)29-26(30)24(17-19-7-13-21(14-8-19)28(2)3)25(27-29)20-9-15-23(31-4)16-10-20/h5-17H,1-4H3. The molecule has 5 heteroatoms. The van der Waals surface area contributed by atoms with Crippen LogP contribution in [-0.4, -0.2) is 32.8 Å². The SMILES string of the molecule is COc1ccc(C2=NN(c3ccc(C)cc3)C(=O)C2=Cc2ccc(N(C)C)cc2)cc1. The maximum Gasteiger partial charge on any atom is 0.281 e. The van der Waals surface area contributed by atoms with Crippen molar-refractivity contribution >= 4 is 29.1 Å². The maximum atomic E-state index is 13.4. The smallest absolute Gasteiger partial charge is 0.281 e. The normalized spacial score (nSPS) is 14.7. The van der Waals surface area contributed by atoms with Crippen LogP contribution in [0.2, 0.25) is 0 Å². The fraction of sp³-hybridized carbons (Fsp3) is 0.154. The molecule has 0 aromatic heterocycles. The van der Waals surface area contributed by atoms with E-state index in [0.29, 0.717) is 11.3 Å². The minimum Gasteiger partial charge on any atom is -0.497 e. The number of amides is 1. The lowest BCUT2D eigenvalue weighted by molar-refractivity contribution is -0.114. The molecule has 1 heterocycles. The van der Waals surface area contributed by atoms with E-state index in [1.165, 1.54) is 5.01 Å². The molecule has 5 nitrogen and oxygen atoms in total. The monoisotopic (exact) mass is 411 g/mol. The number of carbonyl (C=O) groups excluding carboxylic acids is 1. The van der Waals surface area contributed by atoms with Gasteiger partial charge in [-0.05, 0) is 67.1 Å². The fourth-order valence-corrected chi connectivity index (χ4v) is 3.40. The van der Waals surface area contributed by atoms with Crippen LogP contribution < -0.4 is 14.6 Å². The van der Waals surface area contributed by atoms with Crippen molar-refractivity contribution in [2.75, 3.05) is 31.1 Å². The molecule has 1 aliphatic heterocycles. The third-order valence-corrected chi connectivity index (χ3v) is 5.24. The first kappa shape index (κ1) is 20.4. The Morgan fingerprint density at radius 1 is 0.903 bits per heavy atom. The Hall–Kier alpha value is -3.86. The van der Waals surface area contributed by atoms with Crippen molar-refractivity contribution < 1.29 is 9.53 Å². The minimum atomic E-state index is -0.147. The summed E-state index contributed by atoms with van der Waals surface area (Å²) in [7, 11) is 5.64. The van der Waals surface area contributed by atoms with Crippen molar-refractivity contribution in [3.8, 4) is 5.75 Å². The largest absolute Gasteiger partial charge is 0.497 e. The van der Waals surface area contributed by atoms with Crippen molar-refractivity contribution in [3.63, 3.8) is 0 Å². The van der Waals surface area contributed by atoms with E-state index >= 15 is 0 Å². The number of benzene rings is 3. The number of hydrogen-bond acceptors (Lipinski definition) is 4. The second-order valence-corrected chi connectivity index (χ2v) is 7.67. The molecular weight excluding hydrogens is 386 g/mol.